The highest BCUT2D eigenvalue weighted by Gasteiger charge is 2.66. The minimum Gasteiger partial charge on any atom is -0.464 e. The molecule has 4 heteroatoms. The van der Waals surface area contributed by atoms with Gasteiger partial charge in [0.1, 0.15) is 0 Å². The lowest BCUT2D eigenvalue weighted by molar-refractivity contribution is -0.207. The highest BCUT2D eigenvalue weighted by atomic mass is 32.1. The zero-order valence-corrected chi connectivity index (χ0v) is 21.7. The van der Waals surface area contributed by atoms with Crippen molar-refractivity contribution in [3.05, 3.63) is 35.9 Å². The van der Waals surface area contributed by atoms with E-state index in [4.69, 9.17) is 17.4 Å². The molecule has 0 saturated carbocycles. The van der Waals surface area contributed by atoms with Crippen LogP contribution in [0.1, 0.15) is 93.6 Å². The molecule has 1 rings (SSSR count). The smallest absolute Gasteiger partial charge is 0.339 e. The van der Waals surface area contributed by atoms with E-state index in [2.05, 4.69) is 39.8 Å². The van der Waals surface area contributed by atoms with Crippen molar-refractivity contribution in [1.29, 1.82) is 0 Å². The second-order valence-electron chi connectivity index (χ2n) is 11.4. The molecule has 1 aromatic carbocycles. The largest absolute Gasteiger partial charge is 0.464 e. The number of hydrogen-bond donors (Lipinski definition) is 2. The van der Waals surface area contributed by atoms with E-state index >= 15 is 0 Å². The number of hydrogen-bond acceptors (Lipinski definition) is 4. The van der Waals surface area contributed by atoms with Gasteiger partial charge in [-0.25, -0.2) is 4.79 Å². The van der Waals surface area contributed by atoms with E-state index in [0.717, 1.165) is 18.4 Å². The van der Waals surface area contributed by atoms with Gasteiger partial charge in [-0.2, -0.15) is 12.6 Å². The van der Waals surface area contributed by atoms with Crippen molar-refractivity contribution in [2.45, 2.75) is 98.3 Å². The first kappa shape index (κ1) is 27.0. The number of rotatable bonds is 8. The molecule has 0 fully saturated rings. The number of carbonyl (C=O) groups excluding carboxylic acids is 1. The summed E-state index contributed by atoms with van der Waals surface area (Å²) in [5.74, 6) is -0.587. The quantitative estimate of drug-likeness (QED) is 0.272. The SMILES string of the molecule is CCCCOC(=O)C(O)(C(C)(C)C)C(C)(C)C(C)(S)C(c1ccccc1)C(C)(C)C. The van der Waals surface area contributed by atoms with Crippen LogP contribution >= 0.6 is 12.6 Å². The monoisotopic (exact) mass is 436 g/mol. The minimum atomic E-state index is -1.73. The van der Waals surface area contributed by atoms with E-state index < -0.39 is 27.1 Å². The number of carbonyl (C=O) groups is 1. The average molecular weight is 437 g/mol. The first-order chi connectivity index (χ1) is 13.5. The summed E-state index contributed by atoms with van der Waals surface area (Å²) in [6.45, 7) is 20.6. The van der Waals surface area contributed by atoms with Crippen molar-refractivity contribution in [3.63, 3.8) is 0 Å². The summed E-state index contributed by atoms with van der Waals surface area (Å²) >= 11 is 5.23. The molecule has 0 aromatic heterocycles. The van der Waals surface area contributed by atoms with Gasteiger partial charge >= 0.3 is 5.97 Å². The predicted octanol–water partition coefficient (Wildman–Crippen LogP) is 6.65. The second kappa shape index (κ2) is 9.24. The third kappa shape index (κ3) is 4.91. The summed E-state index contributed by atoms with van der Waals surface area (Å²) in [7, 11) is 0. The zero-order valence-electron chi connectivity index (χ0n) is 20.8. The molecule has 3 nitrogen and oxygen atoms in total. The summed E-state index contributed by atoms with van der Waals surface area (Å²) in [5.41, 5.74) is -2.41. The van der Waals surface area contributed by atoms with E-state index in [0.29, 0.717) is 6.61 Å². The number of benzene rings is 1. The molecule has 3 atom stereocenters. The van der Waals surface area contributed by atoms with Gasteiger partial charge in [-0.3, -0.25) is 0 Å². The van der Waals surface area contributed by atoms with Crippen LogP contribution in [0, 0.1) is 16.2 Å². The van der Waals surface area contributed by atoms with Crippen molar-refractivity contribution in [3.8, 4) is 0 Å². The molecule has 0 aliphatic rings. The Balaban J connectivity index is 3.64. The van der Waals surface area contributed by atoms with Crippen LogP contribution in [0.3, 0.4) is 0 Å². The van der Waals surface area contributed by atoms with Gasteiger partial charge in [-0.05, 0) is 24.3 Å². The first-order valence-corrected chi connectivity index (χ1v) is 11.6. The molecule has 0 amide bonds. The summed E-state index contributed by atoms with van der Waals surface area (Å²) < 4.78 is 4.87. The van der Waals surface area contributed by atoms with Gasteiger partial charge < -0.3 is 9.84 Å². The molecule has 0 spiro atoms. The number of esters is 1. The van der Waals surface area contributed by atoms with E-state index in [1.165, 1.54) is 0 Å². The summed E-state index contributed by atoms with van der Waals surface area (Å²) in [6.07, 6.45) is 1.70. The molecule has 3 unspecified atom stereocenters. The maximum atomic E-state index is 13.4. The molecule has 0 heterocycles. The molecule has 172 valence electrons. The number of unbranched alkanes of at least 4 members (excludes halogenated alkanes) is 1. The third-order valence-electron chi connectivity index (χ3n) is 6.84. The van der Waals surface area contributed by atoms with Gasteiger partial charge in [0.25, 0.3) is 0 Å². The van der Waals surface area contributed by atoms with Gasteiger partial charge in [-0.15, -0.1) is 0 Å². The minimum absolute atomic E-state index is 0.0261. The van der Waals surface area contributed by atoms with Gasteiger partial charge in [0.2, 0.25) is 0 Å². The molecular formula is C26H44O3S. The second-order valence-corrected chi connectivity index (χ2v) is 12.4. The fourth-order valence-corrected chi connectivity index (χ4v) is 5.65. The summed E-state index contributed by atoms with van der Waals surface area (Å²) in [6, 6.07) is 10.3. The summed E-state index contributed by atoms with van der Waals surface area (Å²) in [4.78, 5) is 13.4. The van der Waals surface area contributed by atoms with E-state index in [9.17, 15) is 9.90 Å². The number of aliphatic hydroxyl groups is 1. The topological polar surface area (TPSA) is 46.5 Å². The van der Waals surface area contributed by atoms with E-state index in [1.807, 2.05) is 59.7 Å². The number of ether oxygens (including phenoxy) is 1. The molecule has 0 aliphatic carbocycles. The molecule has 1 aromatic rings. The fourth-order valence-electron chi connectivity index (χ4n) is 4.95. The van der Waals surface area contributed by atoms with Crippen LogP contribution in [0.15, 0.2) is 30.3 Å². The Kier molecular flexibility index (Phi) is 8.33. The first-order valence-electron chi connectivity index (χ1n) is 11.1. The maximum absolute atomic E-state index is 13.4. The number of thiol groups is 1. The van der Waals surface area contributed by atoms with Crippen LogP contribution in [0.5, 0.6) is 0 Å². The highest BCUT2D eigenvalue weighted by Crippen LogP contribution is 2.60. The lowest BCUT2D eigenvalue weighted by atomic mass is 9.51. The lowest BCUT2D eigenvalue weighted by Crippen LogP contribution is -2.68. The van der Waals surface area contributed by atoms with Crippen LogP contribution in [0.2, 0.25) is 0 Å². The zero-order chi connectivity index (χ0) is 23.6. The Hall–Kier alpha value is -1.00. The van der Waals surface area contributed by atoms with Crippen molar-refractivity contribution in [2.75, 3.05) is 6.61 Å². The summed E-state index contributed by atoms with van der Waals surface area (Å²) in [5, 5.41) is 12.1. The van der Waals surface area contributed by atoms with Gasteiger partial charge in [-0.1, -0.05) is 99.1 Å². The van der Waals surface area contributed by atoms with Gasteiger partial charge in [0, 0.05) is 21.5 Å². The molecule has 0 bridgehead atoms. The van der Waals surface area contributed by atoms with Gasteiger partial charge in [0.15, 0.2) is 5.60 Å². The standard InChI is InChI=1S/C26H44O3S/c1-11-12-18-29-21(27)26(28,23(5,6)7)24(8,9)25(10,30)20(22(2,3)4)19-16-14-13-15-17-19/h13-17,20,28,30H,11-12,18H2,1-10H3. The van der Waals surface area contributed by atoms with Crippen LogP contribution in [-0.2, 0) is 9.53 Å². The van der Waals surface area contributed by atoms with Crippen molar-refractivity contribution in [2.24, 2.45) is 16.2 Å². The molecule has 0 radical (unpaired) electrons. The van der Waals surface area contributed by atoms with E-state index in [1.54, 1.807) is 0 Å². The Labute approximate surface area is 190 Å². The Morgan fingerprint density at radius 1 is 1.00 bits per heavy atom. The molecule has 30 heavy (non-hydrogen) atoms. The Morgan fingerprint density at radius 2 is 1.50 bits per heavy atom. The molecule has 0 aliphatic heterocycles. The van der Waals surface area contributed by atoms with Crippen LogP contribution < -0.4 is 0 Å². The third-order valence-corrected chi connectivity index (χ3v) is 7.66. The normalized spacial score (nSPS) is 18.3. The lowest BCUT2D eigenvalue weighted by Gasteiger charge is -2.59. The highest BCUT2D eigenvalue weighted by molar-refractivity contribution is 7.81. The van der Waals surface area contributed by atoms with Crippen LogP contribution in [0.4, 0.5) is 0 Å². The molecule has 0 saturated heterocycles. The van der Waals surface area contributed by atoms with Crippen LogP contribution in [-0.4, -0.2) is 28.0 Å². The fraction of sp³-hybridized carbons (Fsp3) is 0.731. The van der Waals surface area contributed by atoms with Crippen molar-refractivity contribution < 1.29 is 14.6 Å². The van der Waals surface area contributed by atoms with Gasteiger partial charge in [0.05, 0.1) is 6.61 Å². The Bertz CT molecular complexity index is 695. The maximum Gasteiger partial charge on any atom is 0.339 e. The van der Waals surface area contributed by atoms with Crippen molar-refractivity contribution >= 4 is 18.6 Å². The molecule has 1 N–H and O–H groups in total. The molecular weight excluding hydrogens is 392 g/mol. The van der Waals surface area contributed by atoms with E-state index in [-0.39, 0.29) is 11.3 Å². The van der Waals surface area contributed by atoms with Crippen LogP contribution in [0.25, 0.3) is 0 Å². The Morgan fingerprint density at radius 3 is 1.90 bits per heavy atom. The predicted molar refractivity (Wildman–Crippen MR) is 130 cm³/mol. The average Bonchev–Trinajstić information content (AvgIpc) is 2.59. The van der Waals surface area contributed by atoms with Crippen molar-refractivity contribution in [1.82, 2.24) is 0 Å².